The second kappa shape index (κ2) is 9.68. The number of hydrogen-bond acceptors (Lipinski definition) is 5. The van der Waals surface area contributed by atoms with Gasteiger partial charge in [0.2, 0.25) is 0 Å². The summed E-state index contributed by atoms with van der Waals surface area (Å²) in [4.78, 5) is 11.2. The summed E-state index contributed by atoms with van der Waals surface area (Å²) in [6, 6.07) is 7.28. The van der Waals surface area contributed by atoms with E-state index in [-0.39, 0.29) is 11.5 Å². The Kier molecular flexibility index (Phi) is 8.26. The van der Waals surface area contributed by atoms with Gasteiger partial charge in [-0.05, 0) is 31.4 Å². The zero-order valence-electron chi connectivity index (χ0n) is 12.7. The Hall–Kier alpha value is -1.28. The monoisotopic (exact) mass is 330 g/mol. The van der Waals surface area contributed by atoms with Crippen molar-refractivity contribution in [3.05, 3.63) is 35.4 Å². The lowest BCUT2D eigenvalue weighted by Crippen LogP contribution is -2.08. The summed E-state index contributed by atoms with van der Waals surface area (Å²) >= 11 is 0. The number of benzene rings is 1. The molecule has 7 heteroatoms. The minimum Gasteiger partial charge on any atom is -0.379 e. The molecule has 0 aromatic heterocycles. The molecule has 0 unspecified atom stereocenters. The number of ketones is 1. The molecule has 0 aliphatic rings. The third kappa shape index (κ3) is 8.89. The number of rotatable bonds is 11. The van der Waals surface area contributed by atoms with Gasteiger partial charge in [-0.1, -0.05) is 18.2 Å². The van der Waals surface area contributed by atoms with E-state index in [2.05, 4.69) is 0 Å². The molecule has 1 aromatic carbocycles. The molecule has 0 spiro atoms. The average Bonchev–Trinajstić information content (AvgIpc) is 2.44. The smallest absolute Gasteiger partial charge is 0.264 e. The minimum absolute atomic E-state index is 0.0232. The minimum atomic E-state index is -3.87. The van der Waals surface area contributed by atoms with Crippen molar-refractivity contribution in [1.82, 2.24) is 0 Å². The maximum absolute atomic E-state index is 11.2. The highest BCUT2D eigenvalue weighted by molar-refractivity contribution is 7.85. The molecule has 0 radical (unpaired) electrons. The van der Waals surface area contributed by atoms with Crippen molar-refractivity contribution in [3.63, 3.8) is 0 Å². The molecule has 0 saturated heterocycles. The highest BCUT2D eigenvalue weighted by atomic mass is 32.2. The molecular weight excluding hydrogens is 308 g/mol. The highest BCUT2D eigenvalue weighted by Gasteiger charge is 2.03. The number of ether oxygens (including phenoxy) is 2. The third-order valence-corrected chi connectivity index (χ3v) is 3.72. The lowest BCUT2D eigenvalue weighted by Gasteiger charge is -2.06. The average molecular weight is 330 g/mol. The molecule has 0 aliphatic carbocycles. The van der Waals surface area contributed by atoms with Crippen molar-refractivity contribution in [2.45, 2.75) is 26.4 Å². The summed E-state index contributed by atoms with van der Waals surface area (Å²) in [5.74, 6) is -0.214. The van der Waals surface area contributed by atoms with Crippen LogP contribution in [0.5, 0.6) is 0 Å². The molecule has 124 valence electrons. The lowest BCUT2D eigenvalue weighted by atomic mass is 10.1. The van der Waals surface area contributed by atoms with Crippen LogP contribution in [0.25, 0.3) is 0 Å². The summed E-state index contributed by atoms with van der Waals surface area (Å²) in [5, 5.41) is 0. The van der Waals surface area contributed by atoms with Crippen LogP contribution < -0.4 is 0 Å². The van der Waals surface area contributed by atoms with Gasteiger partial charge in [0.25, 0.3) is 10.1 Å². The summed E-state index contributed by atoms with van der Waals surface area (Å²) in [6.07, 6.45) is 0.942. The fraction of sp³-hybridized carbons (Fsp3) is 0.533. The summed E-state index contributed by atoms with van der Waals surface area (Å²) in [5.41, 5.74) is 1.59. The van der Waals surface area contributed by atoms with E-state index in [0.717, 1.165) is 5.56 Å². The van der Waals surface area contributed by atoms with Gasteiger partial charge in [0.15, 0.2) is 5.78 Å². The Labute approximate surface area is 131 Å². The fourth-order valence-corrected chi connectivity index (χ4v) is 2.35. The summed E-state index contributed by atoms with van der Waals surface area (Å²) in [6.45, 7) is 3.20. The molecule has 22 heavy (non-hydrogen) atoms. The number of carbonyl (C=O) groups is 1. The SMILES string of the molecule is CC(=O)c1cccc(COCCOCCCCS(=O)(=O)O)c1. The van der Waals surface area contributed by atoms with Gasteiger partial charge >= 0.3 is 0 Å². The number of unbranched alkanes of at least 4 members (excludes halogenated alkanes) is 1. The molecular formula is C15H22O6S. The molecule has 0 bridgehead atoms. The van der Waals surface area contributed by atoms with E-state index >= 15 is 0 Å². The Balaban J connectivity index is 2.06. The zero-order chi connectivity index (χ0) is 16.4. The van der Waals surface area contributed by atoms with Gasteiger partial charge < -0.3 is 9.47 Å². The maximum atomic E-state index is 11.2. The largest absolute Gasteiger partial charge is 0.379 e. The van der Waals surface area contributed by atoms with Crippen LogP contribution in [0, 0.1) is 0 Å². The molecule has 0 amide bonds. The lowest BCUT2D eigenvalue weighted by molar-refractivity contribution is 0.0397. The standard InChI is InChI=1S/C15H22O6S/c1-13(16)15-6-4-5-14(11-15)12-21-9-8-20-7-2-3-10-22(17,18)19/h4-6,11H,2-3,7-10,12H2,1H3,(H,17,18,19). The van der Waals surface area contributed by atoms with Crippen molar-refractivity contribution in [3.8, 4) is 0 Å². The van der Waals surface area contributed by atoms with Crippen LogP contribution in [0.4, 0.5) is 0 Å². The van der Waals surface area contributed by atoms with Crippen molar-refractivity contribution in [2.24, 2.45) is 0 Å². The van der Waals surface area contributed by atoms with Gasteiger partial charge in [0.1, 0.15) is 0 Å². The first-order valence-corrected chi connectivity index (χ1v) is 8.70. The second-order valence-corrected chi connectivity index (χ2v) is 6.49. The molecule has 0 atom stereocenters. The van der Waals surface area contributed by atoms with E-state index in [0.29, 0.717) is 44.8 Å². The molecule has 6 nitrogen and oxygen atoms in total. The van der Waals surface area contributed by atoms with Crippen molar-refractivity contribution >= 4 is 15.9 Å². The normalized spacial score (nSPS) is 11.5. The number of hydrogen-bond donors (Lipinski definition) is 1. The highest BCUT2D eigenvalue weighted by Crippen LogP contribution is 2.07. The van der Waals surface area contributed by atoms with Gasteiger partial charge in [-0.2, -0.15) is 8.42 Å². The van der Waals surface area contributed by atoms with Gasteiger partial charge in [0, 0.05) is 12.2 Å². The van der Waals surface area contributed by atoms with Crippen molar-refractivity contribution in [1.29, 1.82) is 0 Å². The Morgan fingerprint density at radius 3 is 2.55 bits per heavy atom. The van der Waals surface area contributed by atoms with E-state index < -0.39 is 10.1 Å². The van der Waals surface area contributed by atoms with Gasteiger partial charge in [0.05, 0.1) is 25.6 Å². The van der Waals surface area contributed by atoms with Gasteiger partial charge in [-0.15, -0.1) is 0 Å². The van der Waals surface area contributed by atoms with Crippen LogP contribution in [0.2, 0.25) is 0 Å². The first-order chi connectivity index (χ1) is 10.4. The van der Waals surface area contributed by atoms with E-state index in [1.807, 2.05) is 12.1 Å². The van der Waals surface area contributed by atoms with Crippen molar-refractivity contribution < 1.29 is 27.2 Å². The van der Waals surface area contributed by atoms with Crippen LogP contribution in [-0.4, -0.2) is 44.3 Å². The Bertz CT molecular complexity index is 567. The van der Waals surface area contributed by atoms with E-state index in [4.69, 9.17) is 14.0 Å². The predicted molar refractivity (Wildman–Crippen MR) is 82.6 cm³/mol. The maximum Gasteiger partial charge on any atom is 0.264 e. The predicted octanol–water partition coefficient (Wildman–Crippen LogP) is 2.09. The van der Waals surface area contributed by atoms with Crippen LogP contribution in [0.15, 0.2) is 24.3 Å². The number of Topliss-reactive ketones (excluding diaryl/α,β-unsaturated/α-hetero) is 1. The van der Waals surface area contributed by atoms with Crippen molar-refractivity contribution in [2.75, 3.05) is 25.6 Å². The molecule has 1 aromatic rings. The molecule has 0 fully saturated rings. The zero-order valence-corrected chi connectivity index (χ0v) is 13.5. The van der Waals surface area contributed by atoms with Gasteiger partial charge in [-0.3, -0.25) is 9.35 Å². The van der Waals surface area contributed by atoms with Crippen LogP contribution in [-0.2, 0) is 26.2 Å². The van der Waals surface area contributed by atoms with Crippen LogP contribution in [0.1, 0.15) is 35.7 Å². The van der Waals surface area contributed by atoms with E-state index in [9.17, 15) is 13.2 Å². The molecule has 1 rings (SSSR count). The van der Waals surface area contributed by atoms with E-state index in [1.54, 1.807) is 12.1 Å². The Morgan fingerprint density at radius 1 is 1.14 bits per heavy atom. The topological polar surface area (TPSA) is 89.9 Å². The van der Waals surface area contributed by atoms with Crippen LogP contribution in [0.3, 0.4) is 0 Å². The third-order valence-electron chi connectivity index (χ3n) is 2.92. The quantitative estimate of drug-likeness (QED) is 0.379. The summed E-state index contributed by atoms with van der Waals surface area (Å²) in [7, 11) is -3.87. The molecule has 1 N–H and O–H groups in total. The summed E-state index contributed by atoms with van der Waals surface area (Å²) < 4.78 is 40.2. The first-order valence-electron chi connectivity index (χ1n) is 7.09. The number of carbonyl (C=O) groups excluding carboxylic acids is 1. The van der Waals surface area contributed by atoms with Crippen LogP contribution >= 0.6 is 0 Å². The second-order valence-electron chi connectivity index (χ2n) is 4.91. The molecule has 0 saturated carbocycles. The van der Waals surface area contributed by atoms with Gasteiger partial charge in [-0.25, -0.2) is 0 Å². The molecule has 0 aliphatic heterocycles. The Morgan fingerprint density at radius 2 is 1.86 bits per heavy atom. The fourth-order valence-electron chi connectivity index (χ4n) is 1.78. The molecule has 0 heterocycles. The first kappa shape index (κ1) is 18.8. The van der Waals surface area contributed by atoms with E-state index in [1.165, 1.54) is 6.92 Å².